The summed E-state index contributed by atoms with van der Waals surface area (Å²) < 4.78 is 13.2. The first kappa shape index (κ1) is 15.7. The van der Waals surface area contributed by atoms with Crippen molar-refractivity contribution in [3.8, 4) is 5.75 Å². The molecule has 2 aromatic heterocycles. The Hall–Kier alpha value is -2.76. The number of likely N-dealkylation sites (tertiary alicyclic amines) is 1. The standard InChI is InChI=1S/C19H21N3O3/c1-21-12-20-11-15(21)13-6-8-22(9-7-13)19(23)17-10-14-4-3-5-16(24-2)18(14)25-17/h3-5,10-13H,6-9H2,1-2H3. The molecular weight excluding hydrogens is 318 g/mol. The lowest BCUT2D eigenvalue weighted by Gasteiger charge is -2.31. The summed E-state index contributed by atoms with van der Waals surface area (Å²) in [7, 11) is 3.61. The number of nitrogens with zero attached hydrogens (tertiary/aromatic N) is 3. The van der Waals surface area contributed by atoms with Crippen LogP contribution in [0, 0.1) is 0 Å². The minimum absolute atomic E-state index is 0.0540. The number of aryl methyl sites for hydroxylation is 1. The average molecular weight is 339 g/mol. The van der Waals surface area contributed by atoms with Gasteiger partial charge >= 0.3 is 0 Å². The van der Waals surface area contributed by atoms with Crippen LogP contribution in [0.15, 0.2) is 41.2 Å². The van der Waals surface area contributed by atoms with Crippen LogP contribution in [0.1, 0.15) is 35.0 Å². The van der Waals surface area contributed by atoms with Crippen molar-refractivity contribution in [3.05, 3.63) is 48.2 Å². The van der Waals surface area contributed by atoms with Gasteiger partial charge in [-0.2, -0.15) is 0 Å². The van der Waals surface area contributed by atoms with Crippen molar-refractivity contribution in [1.29, 1.82) is 0 Å². The first-order valence-electron chi connectivity index (χ1n) is 8.49. The number of piperidine rings is 1. The molecule has 1 aliphatic rings. The molecule has 0 spiro atoms. The molecule has 3 heterocycles. The molecule has 1 saturated heterocycles. The van der Waals surface area contributed by atoms with Crippen LogP contribution in [-0.4, -0.2) is 40.6 Å². The molecule has 0 radical (unpaired) electrons. The molecule has 130 valence electrons. The molecule has 0 N–H and O–H groups in total. The molecule has 0 bridgehead atoms. The van der Waals surface area contributed by atoms with E-state index in [4.69, 9.17) is 9.15 Å². The van der Waals surface area contributed by atoms with Gasteiger partial charge in [-0.05, 0) is 25.0 Å². The van der Waals surface area contributed by atoms with Gasteiger partial charge in [0.2, 0.25) is 0 Å². The average Bonchev–Trinajstić information content (AvgIpc) is 3.27. The summed E-state index contributed by atoms with van der Waals surface area (Å²) in [5.74, 6) is 1.42. The fraction of sp³-hybridized carbons (Fsp3) is 0.368. The van der Waals surface area contributed by atoms with Gasteiger partial charge in [0.05, 0.1) is 13.4 Å². The van der Waals surface area contributed by atoms with Gasteiger partial charge in [0.15, 0.2) is 17.1 Å². The van der Waals surface area contributed by atoms with Gasteiger partial charge in [-0.3, -0.25) is 4.79 Å². The number of para-hydroxylation sites is 1. The Balaban J connectivity index is 1.50. The molecule has 6 heteroatoms. The van der Waals surface area contributed by atoms with Crippen molar-refractivity contribution in [3.63, 3.8) is 0 Å². The number of aromatic nitrogens is 2. The highest BCUT2D eigenvalue weighted by molar-refractivity contribution is 5.97. The van der Waals surface area contributed by atoms with E-state index in [0.29, 0.717) is 23.0 Å². The van der Waals surface area contributed by atoms with Crippen molar-refractivity contribution in [2.45, 2.75) is 18.8 Å². The predicted octanol–water partition coefficient (Wildman–Crippen LogP) is 3.19. The Kier molecular flexibility index (Phi) is 3.95. The van der Waals surface area contributed by atoms with Crippen LogP contribution < -0.4 is 4.74 Å². The molecule has 0 unspecified atom stereocenters. The van der Waals surface area contributed by atoms with Crippen molar-refractivity contribution < 1.29 is 13.9 Å². The number of hydrogen-bond donors (Lipinski definition) is 0. The number of furan rings is 1. The maximum Gasteiger partial charge on any atom is 0.289 e. The normalized spacial score (nSPS) is 15.7. The molecule has 1 fully saturated rings. The number of fused-ring (bicyclic) bond motifs is 1. The fourth-order valence-electron chi connectivity index (χ4n) is 3.60. The van der Waals surface area contributed by atoms with Gasteiger partial charge in [0, 0.05) is 43.3 Å². The summed E-state index contributed by atoms with van der Waals surface area (Å²) in [5, 5.41) is 0.882. The van der Waals surface area contributed by atoms with Gasteiger partial charge in [-0.15, -0.1) is 0 Å². The molecule has 0 aliphatic carbocycles. The van der Waals surface area contributed by atoms with Crippen LogP contribution in [0.25, 0.3) is 11.0 Å². The van der Waals surface area contributed by atoms with E-state index in [-0.39, 0.29) is 5.91 Å². The summed E-state index contributed by atoms with van der Waals surface area (Å²) in [6, 6.07) is 7.45. The van der Waals surface area contributed by atoms with Crippen LogP contribution in [-0.2, 0) is 7.05 Å². The van der Waals surface area contributed by atoms with E-state index >= 15 is 0 Å². The van der Waals surface area contributed by atoms with Crippen LogP contribution in [0.3, 0.4) is 0 Å². The monoisotopic (exact) mass is 339 g/mol. The Morgan fingerprint density at radius 2 is 2.12 bits per heavy atom. The number of ether oxygens (including phenoxy) is 1. The van der Waals surface area contributed by atoms with E-state index < -0.39 is 0 Å². The minimum atomic E-state index is -0.0540. The lowest BCUT2D eigenvalue weighted by Crippen LogP contribution is -2.38. The van der Waals surface area contributed by atoms with Crippen molar-refractivity contribution in [2.24, 2.45) is 7.05 Å². The van der Waals surface area contributed by atoms with E-state index in [0.717, 1.165) is 31.3 Å². The van der Waals surface area contributed by atoms with E-state index in [2.05, 4.69) is 9.55 Å². The third-order valence-electron chi connectivity index (χ3n) is 4.99. The molecule has 1 aliphatic heterocycles. The van der Waals surface area contributed by atoms with Crippen molar-refractivity contribution >= 4 is 16.9 Å². The number of amides is 1. The third kappa shape index (κ3) is 2.77. The Morgan fingerprint density at radius 3 is 2.80 bits per heavy atom. The molecule has 0 saturated carbocycles. The highest BCUT2D eigenvalue weighted by atomic mass is 16.5. The largest absolute Gasteiger partial charge is 0.493 e. The Morgan fingerprint density at radius 1 is 1.32 bits per heavy atom. The number of rotatable bonds is 3. The zero-order chi connectivity index (χ0) is 17.4. The quantitative estimate of drug-likeness (QED) is 0.735. The number of benzene rings is 1. The summed E-state index contributed by atoms with van der Waals surface area (Å²) in [4.78, 5) is 18.9. The van der Waals surface area contributed by atoms with Crippen LogP contribution >= 0.6 is 0 Å². The zero-order valence-electron chi connectivity index (χ0n) is 14.4. The van der Waals surface area contributed by atoms with Gasteiger partial charge in [0.1, 0.15) is 0 Å². The van der Waals surface area contributed by atoms with Gasteiger partial charge < -0.3 is 18.6 Å². The summed E-state index contributed by atoms with van der Waals surface area (Å²) in [5.41, 5.74) is 1.86. The van der Waals surface area contributed by atoms with Crippen LogP contribution in [0.5, 0.6) is 5.75 Å². The van der Waals surface area contributed by atoms with Crippen LogP contribution in [0.4, 0.5) is 0 Å². The number of carbonyl (C=O) groups excluding carboxylic acids is 1. The molecule has 25 heavy (non-hydrogen) atoms. The summed E-state index contributed by atoms with van der Waals surface area (Å²) in [6.07, 6.45) is 5.63. The molecule has 1 aromatic carbocycles. The number of hydrogen-bond acceptors (Lipinski definition) is 4. The molecular formula is C19H21N3O3. The van der Waals surface area contributed by atoms with E-state index in [9.17, 15) is 4.79 Å². The SMILES string of the molecule is COc1cccc2cc(C(=O)N3CCC(c4cncn4C)CC3)oc12. The first-order valence-corrected chi connectivity index (χ1v) is 8.49. The van der Waals surface area contributed by atoms with E-state index in [1.807, 2.05) is 42.7 Å². The molecule has 1 amide bonds. The number of methoxy groups -OCH3 is 1. The lowest BCUT2D eigenvalue weighted by atomic mass is 9.93. The Bertz CT molecular complexity index is 904. The van der Waals surface area contributed by atoms with Gasteiger partial charge in [-0.25, -0.2) is 4.98 Å². The second-order valence-corrected chi connectivity index (χ2v) is 6.49. The predicted molar refractivity (Wildman–Crippen MR) is 93.9 cm³/mol. The van der Waals surface area contributed by atoms with Crippen LogP contribution in [0.2, 0.25) is 0 Å². The van der Waals surface area contributed by atoms with Gasteiger partial charge in [-0.1, -0.05) is 12.1 Å². The molecule has 3 aromatic rings. The van der Waals surface area contributed by atoms with Gasteiger partial charge in [0.25, 0.3) is 5.91 Å². The third-order valence-corrected chi connectivity index (χ3v) is 4.99. The van der Waals surface area contributed by atoms with Crippen molar-refractivity contribution in [1.82, 2.24) is 14.5 Å². The summed E-state index contributed by atoms with van der Waals surface area (Å²) >= 11 is 0. The first-order chi connectivity index (χ1) is 12.2. The second-order valence-electron chi connectivity index (χ2n) is 6.49. The zero-order valence-corrected chi connectivity index (χ0v) is 14.4. The lowest BCUT2D eigenvalue weighted by molar-refractivity contribution is 0.0681. The molecule has 4 rings (SSSR count). The second kappa shape index (κ2) is 6.27. The Labute approximate surface area is 146 Å². The molecule has 0 atom stereocenters. The fourth-order valence-corrected chi connectivity index (χ4v) is 3.60. The minimum Gasteiger partial charge on any atom is -0.493 e. The van der Waals surface area contributed by atoms with Crippen molar-refractivity contribution in [2.75, 3.05) is 20.2 Å². The van der Waals surface area contributed by atoms with E-state index in [1.54, 1.807) is 13.2 Å². The highest BCUT2D eigenvalue weighted by Crippen LogP contribution is 2.31. The number of carbonyl (C=O) groups is 1. The number of imidazole rings is 1. The molecule has 6 nitrogen and oxygen atoms in total. The topological polar surface area (TPSA) is 60.5 Å². The maximum atomic E-state index is 12.8. The van der Waals surface area contributed by atoms with E-state index in [1.165, 1.54) is 5.69 Å². The smallest absolute Gasteiger partial charge is 0.289 e. The highest BCUT2D eigenvalue weighted by Gasteiger charge is 2.27. The summed E-state index contributed by atoms with van der Waals surface area (Å²) in [6.45, 7) is 1.45. The maximum absolute atomic E-state index is 12.8.